The van der Waals surface area contributed by atoms with Gasteiger partial charge in [0.2, 0.25) is 0 Å². The maximum atomic E-state index is 14.2. The lowest BCUT2D eigenvalue weighted by Gasteiger charge is -2.44. The highest BCUT2D eigenvalue weighted by Gasteiger charge is 2.49. The third kappa shape index (κ3) is 5.52. The van der Waals surface area contributed by atoms with Gasteiger partial charge in [0.25, 0.3) is 0 Å². The summed E-state index contributed by atoms with van der Waals surface area (Å²) in [6.45, 7) is 7.42. The van der Waals surface area contributed by atoms with E-state index in [9.17, 15) is 8.60 Å². The van der Waals surface area contributed by atoms with Gasteiger partial charge in [0, 0.05) is 24.2 Å². The van der Waals surface area contributed by atoms with Gasteiger partial charge in [-0.25, -0.2) is 33.3 Å². The number of nitrogen functional groups attached to an aromatic ring is 1. The van der Waals surface area contributed by atoms with Crippen LogP contribution in [0.5, 0.6) is 0 Å². The number of pyridine rings is 2. The van der Waals surface area contributed by atoms with E-state index in [0.29, 0.717) is 16.2 Å². The second kappa shape index (κ2) is 10.8. The summed E-state index contributed by atoms with van der Waals surface area (Å²) in [5.41, 5.74) is 8.99. The van der Waals surface area contributed by atoms with E-state index in [1.54, 1.807) is 24.5 Å². The molecule has 1 fully saturated rings. The molecule has 1 aromatic carbocycles. The highest BCUT2D eigenvalue weighted by Crippen LogP contribution is 2.52. The topological polar surface area (TPSA) is 110 Å². The molecule has 1 saturated heterocycles. The third-order valence-corrected chi connectivity index (χ3v) is 11.0. The number of anilines is 2. The molecule has 2 atom stereocenters. The van der Waals surface area contributed by atoms with Crippen LogP contribution in [0.2, 0.25) is 5.02 Å². The molecule has 214 valence electrons. The number of nitrogens with one attached hydrogen (secondary N) is 1. The number of nitrogens with zero attached hydrogens (tertiary/aromatic N) is 5. The Morgan fingerprint density at radius 3 is 2.68 bits per heavy atom. The number of rotatable bonds is 5. The van der Waals surface area contributed by atoms with Gasteiger partial charge in [0.15, 0.2) is 5.65 Å². The Morgan fingerprint density at radius 1 is 1.15 bits per heavy atom. The zero-order valence-corrected chi connectivity index (χ0v) is 25.4. The Hall–Kier alpha value is -2.86. The van der Waals surface area contributed by atoms with Crippen LogP contribution >= 0.6 is 23.4 Å². The number of piperidine rings is 1. The summed E-state index contributed by atoms with van der Waals surface area (Å²) in [6, 6.07) is 10.5. The molecule has 4 heterocycles. The van der Waals surface area contributed by atoms with Crippen molar-refractivity contribution in [3.63, 3.8) is 0 Å². The van der Waals surface area contributed by atoms with E-state index in [1.165, 1.54) is 17.8 Å². The lowest BCUT2D eigenvalue weighted by Crippen LogP contribution is -2.48. The molecule has 0 bridgehead atoms. The van der Waals surface area contributed by atoms with Gasteiger partial charge in [0.05, 0.1) is 33.0 Å². The van der Waals surface area contributed by atoms with Crippen LogP contribution in [-0.4, -0.2) is 42.0 Å². The van der Waals surface area contributed by atoms with Crippen LogP contribution in [0.3, 0.4) is 0 Å². The van der Waals surface area contributed by atoms with Gasteiger partial charge < -0.3 is 10.6 Å². The largest absolute Gasteiger partial charge is 0.382 e. The summed E-state index contributed by atoms with van der Waals surface area (Å²) in [7, 11) is -1.25. The normalized spacial score (nSPS) is 19.0. The molecular weight excluding hydrogens is 581 g/mol. The maximum absolute atomic E-state index is 14.2. The van der Waals surface area contributed by atoms with Crippen molar-refractivity contribution in [3.8, 4) is 0 Å². The maximum Gasteiger partial charge on any atom is 0.179 e. The fourth-order valence-electron chi connectivity index (χ4n) is 5.66. The molecule has 3 aromatic heterocycles. The van der Waals surface area contributed by atoms with E-state index < -0.39 is 15.7 Å². The van der Waals surface area contributed by atoms with Gasteiger partial charge in [0.1, 0.15) is 28.0 Å². The summed E-state index contributed by atoms with van der Waals surface area (Å²) in [4.78, 5) is 21.2. The number of benzene rings is 1. The Balaban J connectivity index is 1.20. The van der Waals surface area contributed by atoms with Crippen LogP contribution in [0, 0.1) is 11.2 Å². The van der Waals surface area contributed by atoms with Crippen LogP contribution < -0.4 is 15.4 Å². The minimum atomic E-state index is -1.25. The van der Waals surface area contributed by atoms with E-state index in [0.717, 1.165) is 59.2 Å². The second-order valence-corrected chi connectivity index (χ2v) is 15.1. The van der Waals surface area contributed by atoms with Crippen LogP contribution in [0.4, 0.5) is 16.0 Å². The van der Waals surface area contributed by atoms with Gasteiger partial charge in [-0.15, -0.1) is 0 Å². The van der Waals surface area contributed by atoms with E-state index >= 15 is 0 Å². The molecule has 0 radical (unpaired) electrons. The molecule has 41 heavy (non-hydrogen) atoms. The second-order valence-electron chi connectivity index (χ2n) is 11.6. The van der Waals surface area contributed by atoms with Crippen LogP contribution in [-0.2, 0) is 17.4 Å². The SMILES string of the molecule is CC(C)(C)[S@@](=O)N[C@@H]1c2ccc(F)cc2CC12CCN(c1cnc3nc(Sc4ccnc(N)c4Cl)ccc3n1)CC2. The number of fused-ring (bicyclic) bond motifs is 2. The summed E-state index contributed by atoms with van der Waals surface area (Å²) in [5.74, 6) is 0.843. The number of halogens is 2. The molecule has 1 aliphatic carbocycles. The smallest absolute Gasteiger partial charge is 0.179 e. The average molecular weight is 612 g/mol. The first-order valence-electron chi connectivity index (χ1n) is 13.5. The molecule has 2 aliphatic rings. The predicted octanol–water partition coefficient (Wildman–Crippen LogP) is 5.88. The van der Waals surface area contributed by atoms with Crippen molar-refractivity contribution >= 4 is 57.1 Å². The van der Waals surface area contributed by atoms with Crippen LogP contribution in [0.25, 0.3) is 11.2 Å². The highest BCUT2D eigenvalue weighted by molar-refractivity contribution is 7.99. The molecule has 1 spiro atoms. The molecule has 1 aliphatic heterocycles. The zero-order valence-electron chi connectivity index (χ0n) is 23.0. The average Bonchev–Trinajstić information content (AvgIpc) is 3.22. The standard InChI is InChI=1S/C29H31ClFN7OS2/c1-28(2,3)41(39)37-25-19-5-4-18(31)14-17(19)15-29(25)9-12-38(13-10-29)22-16-34-27-20(35-22)6-7-23(36-27)40-21-8-11-33-26(32)24(21)30/h4-8,11,14,16,25,37H,9-10,12-13,15H2,1-3H3,(H2,32,33)/t25-,41-/m1/s1. The number of aromatic nitrogens is 4. The first-order valence-corrected chi connectivity index (χ1v) is 15.8. The zero-order chi connectivity index (χ0) is 28.9. The van der Waals surface area contributed by atoms with Crippen molar-refractivity contribution in [2.75, 3.05) is 23.7 Å². The van der Waals surface area contributed by atoms with Crippen molar-refractivity contribution in [1.82, 2.24) is 24.7 Å². The van der Waals surface area contributed by atoms with Gasteiger partial charge in [-0.3, -0.25) is 0 Å². The lowest BCUT2D eigenvalue weighted by atomic mass is 9.73. The third-order valence-electron chi connectivity index (χ3n) is 7.90. The number of nitrogens with two attached hydrogens (primary N) is 1. The molecule has 6 rings (SSSR count). The Morgan fingerprint density at radius 2 is 1.93 bits per heavy atom. The molecule has 12 heteroatoms. The van der Waals surface area contributed by atoms with Crippen LogP contribution in [0.1, 0.15) is 50.8 Å². The summed E-state index contributed by atoms with van der Waals surface area (Å²) >= 11 is 7.69. The van der Waals surface area contributed by atoms with E-state index in [2.05, 4.69) is 24.6 Å². The fraction of sp³-hybridized carbons (Fsp3) is 0.379. The summed E-state index contributed by atoms with van der Waals surface area (Å²) < 4.78 is 30.3. The van der Waals surface area contributed by atoms with Crippen LogP contribution in [0.15, 0.2) is 58.7 Å². The summed E-state index contributed by atoms with van der Waals surface area (Å²) in [5, 5.41) is 1.14. The Labute approximate surface area is 250 Å². The first kappa shape index (κ1) is 28.3. The lowest BCUT2D eigenvalue weighted by molar-refractivity contribution is 0.177. The van der Waals surface area contributed by atoms with E-state index in [-0.39, 0.29) is 23.1 Å². The number of hydrogen-bond donors (Lipinski definition) is 2. The monoisotopic (exact) mass is 611 g/mol. The van der Waals surface area contributed by atoms with Gasteiger partial charge in [-0.2, -0.15) is 0 Å². The van der Waals surface area contributed by atoms with Gasteiger partial charge in [-0.1, -0.05) is 29.4 Å². The fourth-order valence-corrected chi connectivity index (χ4v) is 7.65. The van der Waals surface area contributed by atoms with Crippen molar-refractivity contribution in [3.05, 3.63) is 70.8 Å². The molecule has 0 saturated carbocycles. The van der Waals surface area contributed by atoms with Crippen molar-refractivity contribution in [2.45, 2.75) is 60.7 Å². The molecule has 8 nitrogen and oxygen atoms in total. The van der Waals surface area contributed by atoms with E-state index in [4.69, 9.17) is 22.3 Å². The van der Waals surface area contributed by atoms with Gasteiger partial charge >= 0.3 is 0 Å². The molecule has 3 N–H and O–H groups in total. The highest BCUT2D eigenvalue weighted by atomic mass is 35.5. The molecule has 0 amide bonds. The number of hydrogen-bond acceptors (Lipinski definition) is 8. The quantitative estimate of drug-likeness (QED) is 0.288. The Bertz CT molecular complexity index is 1660. The van der Waals surface area contributed by atoms with Gasteiger partial charge in [-0.05, 0) is 86.9 Å². The summed E-state index contributed by atoms with van der Waals surface area (Å²) in [6.07, 6.45) is 5.85. The minimum Gasteiger partial charge on any atom is -0.382 e. The first-order chi connectivity index (χ1) is 19.5. The molecule has 4 aromatic rings. The minimum absolute atomic E-state index is 0.104. The predicted molar refractivity (Wildman–Crippen MR) is 163 cm³/mol. The molecular formula is C29H31ClFN7OS2. The van der Waals surface area contributed by atoms with E-state index in [1.807, 2.05) is 39.0 Å². The Kier molecular flexibility index (Phi) is 7.42. The van der Waals surface area contributed by atoms with Crippen molar-refractivity contribution < 1.29 is 8.60 Å². The van der Waals surface area contributed by atoms with Crippen molar-refractivity contribution in [1.29, 1.82) is 0 Å². The van der Waals surface area contributed by atoms with Crippen molar-refractivity contribution in [2.24, 2.45) is 5.41 Å². The molecule has 0 unspecified atom stereocenters.